The second-order valence-electron chi connectivity index (χ2n) is 2.39. The Bertz CT molecular complexity index is 220. The normalized spacial score (nSPS) is 13.4. The van der Waals surface area contributed by atoms with E-state index in [1.165, 1.54) is 22.2 Å². The third kappa shape index (κ3) is 2.56. The van der Waals surface area contributed by atoms with Gasteiger partial charge in [0, 0.05) is 14.2 Å². The molecule has 1 heterocycles. The largest absolute Gasteiger partial charge is 0.147 e. The summed E-state index contributed by atoms with van der Waals surface area (Å²) in [7, 11) is 0. The summed E-state index contributed by atoms with van der Waals surface area (Å²) in [6, 6.07) is 2.10. The summed E-state index contributed by atoms with van der Waals surface area (Å²) in [5.41, 5.74) is 0. The van der Waals surface area contributed by atoms with E-state index in [9.17, 15) is 0 Å². The molecular formula is C8H10Br2S. The van der Waals surface area contributed by atoms with Gasteiger partial charge in [-0.2, -0.15) is 0 Å². The molecular weight excluding hydrogens is 288 g/mol. The van der Waals surface area contributed by atoms with Crippen LogP contribution in [0.3, 0.4) is 0 Å². The Kier molecular flexibility index (Phi) is 4.10. The number of hydrogen-bond acceptors (Lipinski definition) is 1. The van der Waals surface area contributed by atoms with Gasteiger partial charge in [0.25, 0.3) is 0 Å². The van der Waals surface area contributed by atoms with Gasteiger partial charge in [0.1, 0.15) is 0 Å². The molecule has 0 saturated heterocycles. The standard InChI is InChI=1S/C8H10Br2S/c1-2-3-6(9)8-7(10)4-5-11-8/h4-6H,2-3H2,1H3. The first-order valence-electron chi connectivity index (χ1n) is 3.62. The van der Waals surface area contributed by atoms with Crippen molar-refractivity contribution in [3.05, 3.63) is 20.8 Å². The molecule has 0 amide bonds. The molecule has 1 rings (SSSR count). The summed E-state index contributed by atoms with van der Waals surface area (Å²) in [5, 5.41) is 2.11. The minimum Gasteiger partial charge on any atom is -0.147 e. The average Bonchev–Trinajstić information content (AvgIpc) is 2.36. The molecule has 0 aliphatic carbocycles. The van der Waals surface area contributed by atoms with Crippen molar-refractivity contribution < 1.29 is 0 Å². The highest BCUT2D eigenvalue weighted by atomic mass is 79.9. The van der Waals surface area contributed by atoms with Crippen LogP contribution in [0.4, 0.5) is 0 Å². The van der Waals surface area contributed by atoms with E-state index >= 15 is 0 Å². The van der Waals surface area contributed by atoms with Crippen LogP contribution in [0, 0.1) is 0 Å². The van der Waals surface area contributed by atoms with E-state index in [4.69, 9.17) is 0 Å². The highest BCUT2D eigenvalue weighted by molar-refractivity contribution is 9.11. The van der Waals surface area contributed by atoms with Gasteiger partial charge >= 0.3 is 0 Å². The van der Waals surface area contributed by atoms with E-state index in [0.29, 0.717) is 4.83 Å². The third-order valence-electron chi connectivity index (χ3n) is 1.47. The molecule has 62 valence electrons. The van der Waals surface area contributed by atoms with Gasteiger partial charge in [-0.15, -0.1) is 11.3 Å². The van der Waals surface area contributed by atoms with Crippen LogP contribution in [0.15, 0.2) is 15.9 Å². The van der Waals surface area contributed by atoms with Crippen molar-refractivity contribution in [3.63, 3.8) is 0 Å². The van der Waals surface area contributed by atoms with Crippen molar-refractivity contribution in [1.29, 1.82) is 0 Å². The Morgan fingerprint density at radius 3 is 2.82 bits per heavy atom. The van der Waals surface area contributed by atoms with Crippen molar-refractivity contribution >= 4 is 43.2 Å². The van der Waals surface area contributed by atoms with Crippen LogP contribution in [0.5, 0.6) is 0 Å². The van der Waals surface area contributed by atoms with Crippen LogP contribution in [0.1, 0.15) is 29.5 Å². The zero-order chi connectivity index (χ0) is 8.27. The Morgan fingerprint density at radius 2 is 2.36 bits per heavy atom. The lowest BCUT2D eigenvalue weighted by Gasteiger charge is -2.05. The molecule has 0 nitrogen and oxygen atoms in total. The number of alkyl halides is 1. The van der Waals surface area contributed by atoms with Gasteiger partial charge < -0.3 is 0 Å². The summed E-state index contributed by atoms with van der Waals surface area (Å²) >= 11 is 8.98. The highest BCUT2D eigenvalue weighted by Gasteiger charge is 2.10. The molecule has 0 saturated carbocycles. The van der Waals surface area contributed by atoms with E-state index in [1.807, 2.05) is 0 Å². The molecule has 0 aromatic carbocycles. The van der Waals surface area contributed by atoms with Gasteiger partial charge in [-0.1, -0.05) is 29.3 Å². The predicted octanol–water partition coefficient (Wildman–Crippen LogP) is 4.75. The Hall–Kier alpha value is 0.660. The maximum absolute atomic E-state index is 3.66. The second-order valence-corrected chi connectivity index (χ2v) is 5.30. The van der Waals surface area contributed by atoms with Crippen LogP contribution in [-0.4, -0.2) is 0 Å². The molecule has 1 unspecified atom stereocenters. The van der Waals surface area contributed by atoms with E-state index in [0.717, 1.165) is 0 Å². The van der Waals surface area contributed by atoms with Crippen LogP contribution in [-0.2, 0) is 0 Å². The predicted molar refractivity (Wildman–Crippen MR) is 58.6 cm³/mol. The summed E-state index contributed by atoms with van der Waals surface area (Å²) < 4.78 is 1.23. The third-order valence-corrected chi connectivity index (χ3v) is 4.67. The zero-order valence-electron chi connectivity index (χ0n) is 6.31. The molecule has 0 N–H and O–H groups in total. The number of halogens is 2. The van der Waals surface area contributed by atoms with Crippen LogP contribution >= 0.6 is 43.2 Å². The highest BCUT2D eigenvalue weighted by Crippen LogP contribution is 2.36. The van der Waals surface area contributed by atoms with Gasteiger partial charge in [-0.05, 0) is 33.8 Å². The Labute approximate surface area is 88.3 Å². The van der Waals surface area contributed by atoms with Gasteiger partial charge in [0.05, 0.1) is 0 Å². The zero-order valence-corrected chi connectivity index (χ0v) is 10.3. The Balaban J connectivity index is 2.67. The van der Waals surface area contributed by atoms with Crippen LogP contribution in [0.25, 0.3) is 0 Å². The van der Waals surface area contributed by atoms with Gasteiger partial charge in [-0.3, -0.25) is 0 Å². The van der Waals surface area contributed by atoms with Crippen molar-refractivity contribution in [2.45, 2.75) is 24.6 Å². The molecule has 1 aromatic heterocycles. The van der Waals surface area contributed by atoms with Gasteiger partial charge in [-0.25, -0.2) is 0 Å². The quantitative estimate of drug-likeness (QED) is 0.707. The average molecular weight is 298 g/mol. The fraction of sp³-hybridized carbons (Fsp3) is 0.500. The lowest BCUT2D eigenvalue weighted by atomic mass is 10.2. The monoisotopic (exact) mass is 296 g/mol. The Morgan fingerprint density at radius 1 is 1.64 bits per heavy atom. The summed E-state index contributed by atoms with van der Waals surface area (Å²) in [4.78, 5) is 1.94. The number of rotatable bonds is 3. The molecule has 0 spiro atoms. The molecule has 0 bridgehead atoms. The summed E-state index contributed by atoms with van der Waals surface area (Å²) in [5.74, 6) is 0. The maximum atomic E-state index is 3.66. The number of hydrogen-bond donors (Lipinski definition) is 0. The van der Waals surface area contributed by atoms with Gasteiger partial charge in [0.2, 0.25) is 0 Å². The SMILES string of the molecule is CCCC(Br)c1sccc1Br. The lowest BCUT2D eigenvalue weighted by molar-refractivity contribution is 0.796. The molecule has 3 heteroatoms. The van der Waals surface area contributed by atoms with Crippen LogP contribution < -0.4 is 0 Å². The van der Waals surface area contributed by atoms with Crippen molar-refractivity contribution in [2.75, 3.05) is 0 Å². The number of thiophene rings is 1. The van der Waals surface area contributed by atoms with Crippen molar-refractivity contribution in [1.82, 2.24) is 0 Å². The topological polar surface area (TPSA) is 0 Å². The van der Waals surface area contributed by atoms with Gasteiger partial charge in [0.15, 0.2) is 0 Å². The summed E-state index contributed by atoms with van der Waals surface area (Å²) in [6.45, 7) is 2.20. The van der Waals surface area contributed by atoms with E-state index in [2.05, 4.69) is 50.2 Å². The minimum absolute atomic E-state index is 0.530. The molecule has 0 aliphatic heterocycles. The molecule has 0 aliphatic rings. The molecule has 0 radical (unpaired) electrons. The van der Waals surface area contributed by atoms with Crippen molar-refractivity contribution in [2.24, 2.45) is 0 Å². The van der Waals surface area contributed by atoms with Crippen LogP contribution in [0.2, 0.25) is 0 Å². The fourth-order valence-corrected chi connectivity index (χ4v) is 3.91. The molecule has 1 aromatic rings. The van der Waals surface area contributed by atoms with E-state index in [-0.39, 0.29) is 0 Å². The molecule has 1 atom stereocenters. The lowest BCUT2D eigenvalue weighted by Crippen LogP contribution is -1.84. The van der Waals surface area contributed by atoms with E-state index in [1.54, 1.807) is 11.3 Å². The molecule has 11 heavy (non-hydrogen) atoms. The van der Waals surface area contributed by atoms with E-state index < -0.39 is 0 Å². The smallest absolute Gasteiger partial charge is 0.0500 e. The molecule has 0 fully saturated rings. The van der Waals surface area contributed by atoms with Crippen molar-refractivity contribution in [3.8, 4) is 0 Å². The maximum Gasteiger partial charge on any atom is 0.0500 e. The summed E-state index contributed by atoms with van der Waals surface area (Å²) in [6.07, 6.45) is 2.43. The first-order chi connectivity index (χ1) is 5.25. The first kappa shape index (κ1) is 9.75. The second kappa shape index (κ2) is 4.63. The fourth-order valence-electron chi connectivity index (χ4n) is 0.913. The minimum atomic E-state index is 0.530. The first-order valence-corrected chi connectivity index (χ1v) is 6.21.